The molecule has 0 N–H and O–H groups in total. The molecule has 0 bridgehead atoms. The van der Waals surface area contributed by atoms with Gasteiger partial charge in [0.05, 0.1) is 48.5 Å². The van der Waals surface area contributed by atoms with Gasteiger partial charge in [-0.3, -0.25) is 0 Å². The Balaban J connectivity index is 1.44. The van der Waals surface area contributed by atoms with E-state index in [0.29, 0.717) is 26.4 Å². The lowest BCUT2D eigenvalue weighted by molar-refractivity contribution is 0.259. The molecule has 0 unspecified atom stereocenters. The second kappa shape index (κ2) is 26.3. The summed E-state index contributed by atoms with van der Waals surface area (Å²) in [5.41, 5.74) is 3.50. The van der Waals surface area contributed by atoms with Crippen LogP contribution in [0.15, 0.2) is 60.7 Å². The smallest absolute Gasteiger partial charge is 0.161 e. The largest absolute Gasteiger partial charge is 0.490 e. The van der Waals surface area contributed by atoms with Gasteiger partial charge < -0.3 is 18.9 Å². The lowest BCUT2D eigenvalue weighted by Crippen LogP contribution is -2.04. The van der Waals surface area contributed by atoms with Gasteiger partial charge in [-0.2, -0.15) is 0 Å². The number of benzene rings is 5. The first-order valence-corrected chi connectivity index (χ1v) is 25.2. The zero-order valence-corrected chi connectivity index (χ0v) is 39.1. The van der Waals surface area contributed by atoms with Crippen LogP contribution in [-0.4, -0.2) is 36.4 Å². The van der Waals surface area contributed by atoms with Crippen molar-refractivity contribution in [1.82, 2.24) is 9.97 Å². The Morgan fingerprint density at radius 2 is 0.597 bits per heavy atom. The molecule has 6 heteroatoms. The molecule has 0 saturated heterocycles. The Hall–Kier alpha value is -4.32. The van der Waals surface area contributed by atoms with E-state index < -0.39 is 0 Å². The molecule has 62 heavy (non-hydrogen) atoms. The number of hydrogen-bond acceptors (Lipinski definition) is 6. The van der Waals surface area contributed by atoms with Crippen LogP contribution in [0.1, 0.15) is 182 Å². The van der Waals surface area contributed by atoms with Crippen LogP contribution in [0.2, 0.25) is 0 Å². The Morgan fingerprint density at radius 3 is 0.903 bits per heavy atom. The van der Waals surface area contributed by atoms with Gasteiger partial charge in [0.1, 0.15) is 0 Å². The van der Waals surface area contributed by atoms with Gasteiger partial charge in [0, 0.05) is 10.8 Å². The second-order valence-corrected chi connectivity index (χ2v) is 17.8. The molecular formula is C56H78N2O4. The van der Waals surface area contributed by atoms with E-state index in [1.807, 2.05) is 0 Å². The molecule has 1 aromatic heterocycles. The van der Waals surface area contributed by atoms with E-state index in [-0.39, 0.29) is 0 Å². The van der Waals surface area contributed by atoms with Crippen LogP contribution < -0.4 is 18.9 Å². The molecule has 0 fully saturated rings. The van der Waals surface area contributed by atoms with E-state index in [4.69, 9.17) is 28.9 Å². The van der Waals surface area contributed by atoms with Crippen molar-refractivity contribution in [3.05, 3.63) is 60.7 Å². The number of unbranched alkanes of at least 4 members (excludes halogenated alkanes) is 20. The van der Waals surface area contributed by atoms with E-state index in [1.54, 1.807) is 0 Å². The molecule has 6 rings (SSSR count). The first-order chi connectivity index (χ1) is 30.6. The van der Waals surface area contributed by atoms with Gasteiger partial charge in [0.2, 0.25) is 0 Å². The van der Waals surface area contributed by atoms with E-state index in [0.717, 1.165) is 103 Å². The minimum absolute atomic E-state index is 0.660. The number of aromatic nitrogens is 2. The zero-order chi connectivity index (χ0) is 43.2. The van der Waals surface area contributed by atoms with Crippen LogP contribution in [0.4, 0.5) is 0 Å². The number of nitrogens with zero attached hydrogens (tertiary/aromatic N) is 2. The molecule has 6 nitrogen and oxygen atoms in total. The van der Waals surface area contributed by atoms with Gasteiger partial charge in [-0.1, -0.05) is 180 Å². The molecule has 5 aromatic carbocycles. The molecule has 0 aliphatic carbocycles. The average Bonchev–Trinajstić information content (AvgIpc) is 3.29. The summed E-state index contributed by atoms with van der Waals surface area (Å²) in [7, 11) is 0. The van der Waals surface area contributed by atoms with Gasteiger partial charge in [-0.05, 0) is 83.6 Å². The van der Waals surface area contributed by atoms with Crippen molar-refractivity contribution in [1.29, 1.82) is 0 Å². The fourth-order valence-corrected chi connectivity index (χ4v) is 8.78. The van der Waals surface area contributed by atoms with Gasteiger partial charge in [-0.25, -0.2) is 9.97 Å². The summed E-state index contributed by atoms with van der Waals surface area (Å²) in [6.07, 6.45) is 29.2. The Morgan fingerprint density at radius 1 is 0.323 bits per heavy atom. The van der Waals surface area contributed by atoms with Gasteiger partial charge in [-0.15, -0.1) is 0 Å². The van der Waals surface area contributed by atoms with Crippen LogP contribution in [0.25, 0.3) is 54.4 Å². The van der Waals surface area contributed by atoms with Crippen molar-refractivity contribution in [3.8, 4) is 23.0 Å². The molecule has 0 radical (unpaired) electrons. The van der Waals surface area contributed by atoms with E-state index >= 15 is 0 Å². The first kappa shape index (κ1) is 47.2. The first-order valence-electron chi connectivity index (χ1n) is 25.2. The van der Waals surface area contributed by atoms with E-state index in [9.17, 15) is 0 Å². The lowest BCUT2D eigenvalue weighted by atomic mass is 9.97. The average molecular weight is 843 g/mol. The second-order valence-electron chi connectivity index (χ2n) is 17.8. The molecule has 1 heterocycles. The summed E-state index contributed by atoms with van der Waals surface area (Å²) in [5, 5.41) is 6.48. The molecule has 0 aliphatic rings. The fraction of sp³-hybridized carbons (Fsp3) is 0.571. The Bertz CT molecular complexity index is 2090. The fourth-order valence-electron chi connectivity index (χ4n) is 8.78. The molecule has 0 saturated carbocycles. The van der Waals surface area contributed by atoms with Gasteiger partial charge in [0.15, 0.2) is 23.0 Å². The van der Waals surface area contributed by atoms with E-state index in [1.165, 1.54) is 128 Å². The quantitative estimate of drug-likeness (QED) is 0.0239. The van der Waals surface area contributed by atoms with E-state index in [2.05, 4.69) is 88.4 Å². The highest BCUT2D eigenvalue weighted by atomic mass is 16.5. The SMILES string of the molecule is CCCCCCCCOc1cc2c3cc(OCCCCCCCC)c(OCCCCCCCC)cc3c3nc4cc5ccccc5cc4nc3c2cc1OCCCCCCCC. The number of rotatable bonds is 32. The van der Waals surface area contributed by atoms with Crippen LogP contribution in [0.5, 0.6) is 23.0 Å². The van der Waals surface area contributed by atoms with Crippen LogP contribution in [0, 0.1) is 0 Å². The summed E-state index contributed by atoms with van der Waals surface area (Å²) in [6, 6.07) is 21.6. The number of hydrogen-bond donors (Lipinski definition) is 0. The highest BCUT2D eigenvalue weighted by Crippen LogP contribution is 2.44. The monoisotopic (exact) mass is 843 g/mol. The highest BCUT2D eigenvalue weighted by Gasteiger charge is 2.20. The van der Waals surface area contributed by atoms with Crippen LogP contribution in [0.3, 0.4) is 0 Å². The third-order valence-electron chi connectivity index (χ3n) is 12.5. The maximum absolute atomic E-state index is 6.70. The van der Waals surface area contributed by atoms with Crippen LogP contribution >= 0.6 is 0 Å². The van der Waals surface area contributed by atoms with Crippen molar-refractivity contribution in [2.45, 2.75) is 182 Å². The standard InChI is InChI=1S/C56H78N2O4/c1-5-9-13-17-21-27-33-59-51-39-45-46-40-52(60-34-28-22-18-14-10-6-2)54(62-36-30-24-20-16-12-8-4)42-48(46)56-55(47(45)41-53(51)61-35-29-23-19-15-11-7-3)57-49-37-43-31-25-26-32-44(43)38-50(49)58-56/h25-26,31-32,37-42H,5-24,27-30,33-36H2,1-4H3. The highest BCUT2D eigenvalue weighted by molar-refractivity contribution is 6.25. The number of fused-ring (bicyclic) bond motifs is 8. The summed E-state index contributed by atoms with van der Waals surface area (Å²) in [6.45, 7) is 11.7. The minimum atomic E-state index is 0.660. The molecule has 6 aromatic rings. The Labute approximate surface area is 373 Å². The van der Waals surface area contributed by atoms with Crippen molar-refractivity contribution in [3.63, 3.8) is 0 Å². The maximum Gasteiger partial charge on any atom is 0.161 e. The predicted molar refractivity (Wildman–Crippen MR) is 265 cm³/mol. The molecule has 0 aliphatic heterocycles. The molecule has 0 atom stereocenters. The maximum atomic E-state index is 6.70. The zero-order valence-electron chi connectivity index (χ0n) is 39.1. The predicted octanol–water partition coefficient (Wildman–Crippen LogP) is 17.2. The number of ether oxygens (including phenoxy) is 4. The third-order valence-corrected chi connectivity index (χ3v) is 12.5. The normalized spacial score (nSPS) is 11.7. The summed E-state index contributed by atoms with van der Waals surface area (Å²) in [5.74, 6) is 3.18. The summed E-state index contributed by atoms with van der Waals surface area (Å²) >= 11 is 0. The molecule has 336 valence electrons. The topological polar surface area (TPSA) is 62.7 Å². The van der Waals surface area contributed by atoms with Crippen molar-refractivity contribution < 1.29 is 18.9 Å². The Kier molecular flexibility index (Phi) is 20.0. The third kappa shape index (κ3) is 13.6. The van der Waals surface area contributed by atoms with Crippen molar-refractivity contribution >= 4 is 54.4 Å². The van der Waals surface area contributed by atoms with Crippen molar-refractivity contribution in [2.24, 2.45) is 0 Å². The van der Waals surface area contributed by atoms with Crippen molar-refractivity contribution in [2.75, 3.05) is 26.4 Å². The summed E-state index contributed by atoms with van der Waals surface area (Å²) < 4.78 is 26.8. The molecule has 0 spiro atoms. The molecule has 0 amide bonds. The minimum Gasteiger partial charge on any atom is -0.490 e. The lowest BCUT2D eigenvalue weighted by Gasteiger charge is -2.19. The van der Waals surface area contributed by atoms with Gasteiger partial charge >= 0.3 is 0 Å². The molecular weight excluding hydrogens is 765 g/mol. The van der Waals surface area contributed by atoms with Crippen LogP contribution in [-0.2, 0) is 0 Å². The van der Waals surface area contributed by atoms with Gasteiger partial charge in [0.25, 0.3) is 0 Å². The summed E-state index contributed by atoms with van der Waals surface area (Å²) in [4.78, 5) is 10.9.